The molecule has 1 heterocycles. The standard InChI is InChI=1S/C14H21BrN2S/c1-2-5-16-11-12-10-13(15)3-4-14(12)17-6-8-18-9-7-17/h3-4,10,16H,2,5-9,11H2,1H3. The summed E-state index contributed by atoms with van der Waals surface area (Å²) in [5.74, 6) is 2.50. The zero-order chi connectivity index (χ0) is 12.8. The fourth-order valence-electron chi connectivity index (χ4n) is 2.21. The molecule has 1 aromatic rings. The van der Waals surface area contributed by atoms with E-state index < -0.39 is 0 Å². The minimum atomic E-state index is 0.965. The van der Waals surface area contributed by atoms with E-state index in [1.165, 1.54) is 46.7 Å². The molecule has 0 radical (unpaired) electrons. The maximum atomic E-state index is 3.58. The van der Waals surface area contributed by atoms with Crippen molar-refractivity contribution in [3.05, 3.63) is 28.2 Å². The molecule has 100 valence electrons. The molecule has 2 rings (SSSR count). The lowest BCUT2D eigenvalue weighted by Gasteiger charge is -2.30. The fourth-order valence-corrected chi connectivity index (χ4v) is 3.52. The summed E-state index contributed by atoms with van der Waals surface area (Å²) in [6.07, 6.45) is 1.18. The predicted molar refractivity (Wildman–Crippen MR) is 85.7 cm³/mol. The highest BCUT2D eigenvalue weighted by Gasteiger charge is 2.14. The second-order valence-corrected chi connectivity index (χ2v) is 6.69. The third-order valence-corrected chi connectivity index (χ3v) is 4.57. The molecule has 1 aromatic carbocycles. The van der Waals surface area contributed by atoms with Gasteiger partial charge in [0.05, 0.1) is 0 Å². The van der Waals surface area contributed by atoms with Crippen LogP contribution in [0.2, 0.25) is 0 Å². The van der Waals surface area contributed by atoms with E-state index in [2.05, 4.69) is 63.0 Å². The van der Waals surface area contributed by atoms with Gasteiger partial charge in [-0.2, -0.15) is 11.8 Å². The van der Waals surface area contributed by atoms with Gasteiger partial charge in [0, 0.05) is 41.3 Å². The first-order valence-corrected chi connectivity index (χ1v) is 8.58. The Labute approximate surface area is 123 Å². The Morgan fingerprint density at radius 1 is 1.33 bits per heavy atom. The Balaban J connectivity index is 2.11. The monoisotopic (exact) mass is 328 g/mol. The topological polar surface area (TPSA) is 15.3 Å². The maximum absolute atomic E-state index is 3.58. The molecular weight excluding hydrogens is 308 g/mol. The van der Waals surface area contributed by atoms with Gasteiger partial charge in [-0.1, -0.05) is 22.9 Å². The lowest BCUT2D eigenvalue weighted by molar-refractivity contribution is 0.672. The largest absolute Gasteiger partial charge is 0.370 e. The number of anilines is 1. The number of benzene rings is 1. The molecule has 18 heavy (non-hydrogen) atoms. The van der Waals surface area contributed by atoms with Crippen molar-refractivity contribution in [1.29, 1.82) is 0 Å². The first-order chi connectivity index (χ1) is 8.81. The van der Waals surface area contributed by atoms with Gasteiger partial charge in [-0.15, -0.1) is 0 Å². The van der Waals surface area contributed by atoms with E-state index in [9.17, 15) is 0 Å². The van der Waals surface area contributed by atoms with Crippen molar-refractivity contribution >= 4 is 33.4 Å². The van der Waals surface area contributed by atoms with E-state index in [1.807, 2.05) is 0 Å². The number of halogens is 1. The van der Waals surface area contributed by atoms with Crippen molar-refractivity contribution in [3.63, 3.8) is 0 Å². The van der Waals surface area contributed by atoms with Crippen LogP contribution in [0.4, 0.5) is 5.69 Å². The van der Waals surface area contributed by atoms with Gasteiger partial charge in [-0.25, -0.2) is 0 Å². The minimum Gasteiger partial charge on any atom is -0.370 e. The average Bonchev–Trinajstić information content (AvgIpc) is 2.40. The quantitative estimate of drug-likeness (QED) is 0.833. The summed E-state index contributed by atoms with van der Waals surface area (Å²) >= 11 is 5.64. The third-order valence-electron chi connectivity index (χ3n) is 3.14. The molecule has 0 spiro atoms. The SMILES string of the molecule is CCCNCc1cc(Br)ccc1N1CCSCC1. The molecule has 1 N–H and O–H groups in total. The number of rotatable bonds is 5. The van der Waals surface area contributed by atoms with Crippen LogP contribution in [0.5, 0.6) is 0 Å². The summed E-state index contributed by atoms with van der Waals surface area (Å²) in [4.78, 5) is 2.52. The molecular formula is C14H21BrN2S. The van der Waals surface area contributed by atoms with Gasteiger partial charge >= 0.3 is 0 Å². The van der Waals surface area contributed by atoms with Crippen molar-refractivity contribution < 1.29 is 0 Å². The second kappa shape index (κ2) is 7.41. The molecule has 0 atom stereocenters. The molecule has 0 aliphatic carbocycles. The summed E-state index contributed by atoms with van der Waals surface area (Å²) in [5.41, 5.74) is 2.81. The van der Waals surface area contributed by atoms with E-state index >= 15 is 0 Å². The molecule has 0 bridgehead atoms. The Morgan fingerprint density at radius 3 is 2.83 bits per heavy atom. The molecule has 0 unspecified atom stereocenters. The normalized spacial score (nSPS) is 16.0. The van der Waals surface area contributed by atoms with Crippen LogP contribution in [0, 0.1) is 0 Å². The number of hydrogen-bond donors (Lipinski definition) is 1. The second-order valence-electron chi connectivity index (χ2n) is 4.55. The van der Waals surface area contributed by atoms with Crippen LogP contribution in [0.1, 0.15) is 18.9 Å². The van der Waals surface area contributed by atoms with Crippen molar-refractivity contribution in [3.8, 4) is 0 Å². The smallest absolute Gasteiger partial charge is 0.0413 e. The van der Waals surface area contributed by atoms with Gasteiger partial charge in [0.25, 0.3) is 0 Å². The van der Waals surface area contributed by atoms with Crippen LogP contribution in [-0.2, 0) is 6.54 Å². The first-order valence-electron chi connectivity index (χ1n) is 6.63. The van der Waals surface area contributed by atoms with Gasteiger partial charge < -0.3 is 10.2 Å². The number of hydrogen-bond acceptors (Lipinski definition) is 3. The average molecular weight is 329 g/mol. The highest BCUT2D eigenvalue weighted by atomic mass is 79.9. The number of thioether (sulfide) groups is 1. The van der Waals surface area contributed by atoms with Crippen LogP contribution in [0.15, 0.2) is 22.7 Å². The predicted octanol–water partition coefficient (Wildman–Crippen LogP) is 3.50. The van der Waals surface area contributed by atoms with E-state index in [-0.39, 0.29) is 0 Å². The Hall–Kier alpha value is -0.190. The number of nitrogens with zero attached hydrogens (tertiary/aromatic N) is 1. The third kappa shape index (κ3) is 3.90. The highest BCUT2D eigenvalue weighted by Crippen LogP contribution is 2.26. The van der Waals surface area contributed by atoms with Crippen LogP contribution < -0.4 is 10.2 Å². The van der Waals surface area contributed by atoms with Gasteiger partial charge in [0.1, 0.15) is 0 Å². The Bertz CT molecular complexity index is 378. The van der Waals surface area contributed by atoms with E-state index in [0.29, 0.717) is 0 Å². The molecule has 4 heteroatoms. The highest BCUT2D eigenvalue weighted by molar-refractivity contribution is 9.10. The summed E-state index contributed by atoms with van der Waals surface area (Å²) in [6.45, 7) is 6.60. The molecule has 1 saturated heterocycles. The van der Waals surface area contributed by atoms with E-state index in [0.717, 1.165) is 13.1 Å². The molecule has 1 aliphatic rings. The van der Waals surface area contributed by atoms with Crippen LogP contribution in [0.3, 0.4) is 0 Å². The minimum absolute atomic E-state index is 0.965. The zero-order valence-corrected chi connectivity index (χ0v) is 13.3. The van der Waals surface area contributed by atoms with Gasteiger partial charge in [-0.3, -0.25) is 0 Å². The molecule has 1 fully saturated rings. The summed E-state index contributed by atoms with van der Waals surface area (Å²) in [5, 5.41) is 3.51. The van der Waals surface area contributed by atoms with Crippen molar-refractivity contribution in [1.82, 2.24) is 5.32 Å². The van der Waals surface area contributed by atoms with Crippen LogP contribution in [-0.4, -0.2) is 31.1 Å². The van der Waals surface area contributed by atoms with Gasteiger partial charge in [-0.05, 0) is 36.7 Å². The zero-order valence-electron chi connectivity index (χ0n) is 10.9. The van der Waals surface area contributed by atoms with Crippen LogP contribution in [0.25, 0.3) is 0 Å². The molecule has 0 amide bonds. The Morgan fingerprint density at radius 2 is 2.11 bits per heavy atom. The summed E-state index contributed by atoms with van der Waals surface area (Å²) in [7, 11) is 0. The Kier molecular flexibility index (Phi) is 5.86. The van der Waals surface area contributed by atoms with E-state index in [4.69, 9.17) is 0 Å². The maximum Gasteiger partial charge on any atom is 0.0413 e. The van der Waals surface area contributed by atoms with Crippen LogP contribution >= 0.6 is 27.7 Å². The summed E-state index contributed by atoms with van der Waals surface area (Å²) < 4.78 is 1.17. The first kappa shape index (κ1) is 14.2. The van der Waals surface area contributed by atoms with Gasteiger partial charge in [0.15, 0.2) is 0 Å². The van der Waals surface area contributed by atoms with Gasteiger partial charge in [0.2, 0.25) is 0 Å². The molecule has 1 aliphatic heterocycles. The molecule has 0 saturated carbocycles. The molecule has 2 nitrogen and oxygen atoms in total. The van der Waals surface area contributed by atoms with Crippen molar-refractivity contribution in [2.75, 3.05) is 36.0 Å². The number of nitrogens with one attached hydrogen (secondary N) is 1. The van der Waals surface area contributed by atoms with Crippen molar-refractivity contribution in [2.24, 2.45) is 0 Å². The summed E-state index contributed by atoms with van der Waals surface area (Å²) in [6, 6.07) is 6.66. The molecule has 0 aromatic heterocycles. The lowest BCUT2D eigenvalue weighted by atomic mass is 10.1. The van der Waals surface area contributed by atoms with Crippen molar-refractivity contribution in [2.45, 2.75) is 19.9 Å². The lowest BCUT2D eigenvalue weighted by Crippen LogP contribution is -2.33. The van der Waals surface area contributed by atoms with E-state index in [1.54, 1.807) is 0 Å². The fraction of sp³-hybridized carbons (Fsp3) is 0.571.